The molecule has 3 aromatic rings. The Hall–Kier alpha value is -3.58. The molecule has 8 heteroatoms. The zero-order chi connectivity index (χ0) is 22.7. The molecule has 0 aliphatic carbocycles. The summed E-state index contributed by atoms with van der Waals surface area (Å²) in [5.41, 5.74) is -0.198. The van der Waals surface area contributed by atoms with Crippen molar-refractivity contribution in [2.75, 3.05) is 5.01 Å². The Morgan fingerprint density at radius 3 is 2.34 bits per heavy atom. The van der Waals surface area contributed by atoms with Gasteiger partial charge in [0.15, 0.2) is 5.71 Å². The van der Waals surface area contributed by atoms with Crippen LogP contribution in [0.3, 0.4) is 0 Å². The number of para-hydroxylation sites is 1. The summed E-state index contributed by atoms with van der Waals surface area (Å²) in [7, 11) is 0. The number of benzene rings is 3. The number of hydrogen-bond donors (Lipinski definition) is 0. The molecule has 1 aliphatic rings. The maximum absolute atomic E-state index is 13.6. The third-order valence-electron chi connectivity index (χ3n) is 4.63. The van der Waals surface area contributed by atoms with Crippen molar-refractivity contribution in [1.29, 1.82) is 0 Å². The molecule has 0 saturated carbocycles. The van der Waals surface area contributed by atoms with Crippen molar-refractivity contribution in [2.24, 2.45) is 5.10 Å². The third-order valence-corrected chi connectivity index (χ3v) is 4.87. The fourth-order valence-corrected chi connectivity index (χ4v) is 3.33. The first-order valence-corrected chi connectivity index (χ1v) is 9.94. The van der Waals surface area contributed by atoms with Crippen LogP contribution in [-0.2, 0) is 11.4 Å². The van der Waals surface area contributed by atoms with Gasteiger partial charge in [0.05, 0.1) is 11.3 Å². The van der Waals surface area contributed by atoms with Crippen molar-refractivity contribution < 1.29 is 22.7 Å². The van der Waals surface area contributed by atoms with Crippen molar-refractivity contribution in [3.8, 4) is 5.75 Å². The average molecular weight is 457 g/mol. The van der Waals surface area contributed by atoms with E-state index in [0.717, 1.165) is 10.6 Å². The van der Waals surface area contributed by atoms with Crippen molar-refractivity contribution in [3.05, 3.63) is 101 Å². The number of carbonyl (C=O) groups is 1. The lowest BCUT2D eigenvalue weighted by Gasteiger charge is -2.11. The van der Waals surface area contributed by atoms with Gasteiger partial charge >= 0.3 is 6.18 Å². The number of amides is 1. The van der Waals surface area contributed by atoms with E-state index in [1.165, 1.54) is 18.2 Å². The lowest BCUT2D eigenvalue weighted by molar-refractivity contribution is -0.114. The van der Waals surface area contributed by atoms with E-state index in [4.69, 9.17) is 16.3 Å². The number of rotatable bonds is 5. The second-order valence-electron chi connectivity index (χ2n) is 6.94. The first-order valence-electron chi connectivity index (χ1n) is 9.56. The third kappa shape index (κ3) is 4.84. The Bertz CT molecular complexity index is 1190. The SMILES string of the molecule is O=C1/C(=C\c2ccc(OCc3cccc(Cl)c3)cc2)C(C(F)(F)F)=NN1c1ccccc1. The predicted molar refractivity (Wildman–Crippen MR) is 118 cm³/mol. The molecule has 1 heterocycles. The molecule has 0 N–H and O–H groups in total. The summed E-state index contributed by atoms with van der Waals surface area (Å²) >= 11 is 5.95. The topological polar surface area (TPSA) is 41.9 Å². The molecule has 0 atom stereocenters. The van der Waals surface area contributed by atoms with Crippen LogP contribution in [0.4, 0.5) is 18.9 Å². The van der Waals surface area contributed by atoms with E-state index in [1.807, 2.05) is 12.1 Å². The Labute approximate surface area is 187 Å². The Morgan fingerprint density at radius 2 is 1.69 bits per heavy atom. The number of alkyl halides is 3. The summed E-state index contributed by atoms with van der Waals surface area (Å²) < 4.78 is 46.3. The zero-order valence-corrected chi connectivity index (χ0v) is 17.3. The van der Waals surface area contributed by atoms with Gasteiger partial charge in [0.1, 0.15) is 12.4 Å². The molecule has 4 rings (SSSR count). The number of halogens is 4. The molecule has 162 valence electrons. The van der Waals surface area contributed by atoms with Gasteiger partial charge in [-0.3, -0.25) is 4.79 Å². The molecule has 0 radical (unpaired) electrons. The first kappa shape index (κ1) is 21.6. The molecule has 0 bridgehead atoms. The summed E-state index contributed by atoms with van der Waals surface area (Å²) in [6.45, 7) is 0.288. The van der Waals surface area contributed by atoms with Crippen LogP contribution >= 0.6 is 11.6 Å². The monoisotopic (exact) mass is 456 g/mol. The van der Waals surface area contributed by atoms with Gasteiger partial charge in [0.2, 0.25) is 0 Å². The fourth-order valence-electron chi connectivity index (χ4n) is 3.12. The largest absolute Gasteiger partial charge is 0.489 e. The molecule has 0 aromatic heterocycles. The zero-order valence-electron chi connectivity index (χ0n) is 16.5. The van der Waals surface area contributed by atoms with E-state index in [2.05, 4.69) is 5.10 Å². The van der Waals surface area contributed by atoms with E-state index in [9.17, 15) is 18.0 Å². The van der Waals surface area contributed by atoms with Crippen LogP contribution in [0.5, 0.6) is 5.75 Å². The fraction of sp³-hybridized carbons (Fsp3) is 0.0833. The van der Waals surface area contributed by atoms with Gasteiger partial charge < -0.3 is 4.74 Å². The highest BCUT2D eigenvalue weighted by atomic mass is 35.5. The van der Waals surface area contributed by atoms with Gasteiger partial charge in [-0.05, 0) is 53.6 Å². The van der Waals surface area contributed by atoms with Gasteiger partial charge in [0.25, 0.3) is 5.91 Å². The molecular weight excluding hydrogens is 441 g/mol. The molecule has 1 aliphatic heterocycles. The second kappa shape index (κ2) is 8.88. The number of carbonyl (C=O) groups excluding carboxylic acids is 1. The van der Waals surface area contributed by atoms with Crippen molar-refractivity contribution >= 4 is 35.0 Å². The smallest absolute Gasteiger partial charge is 0.435 e. The highest BCUT2D eigenvalue weighted by Crippen LogP contribution is 2.32. The number of nitrogens with zero attached hydrogens (tertiary/aromatic N) is 2. The van der Waals surface area contributed by atoms with Crippen molar-refractivity contribution in [2.45, 2.75) is 12.8 Å². The van der Waals surface area contributed by atoms with Crippen molar-refractivity contribution in [3.63, 3.8) is 0 Å². The Kier molecular flexibility index (Phi) is 6.01. The Balaban J connectivity index is 1.55. The summed E-state index contributed by atoms with van der Waals surface area (Å²) in [5.74, 6) is -0.315. The second-order valence-corrected chi connectivity index (χ2v) is 7.38. The van der Waals surface area contributed by atoms with Crippen LogP contribution in [0, 0.1) is 0 Å². The minimum Gasteiger partial charge on any atom is -0.489 e. The number of hydrazone groups is 1. The van der Waals surface area contributed by atoms with Gasteiger partial charge in [-0.1, -0.05) is 54.1 Å². The van der Waals surface area contributed by atoms with Crippen LogP contribution in [-0.4, -0.2) is 17.8 Å². The molecule has 0 saturated heterocycles. The summed E-state index contributed by atoms with van der Waals surface area (Å²) in [5, 5.41) is 4.91. The van der Waals surface area contributed by atoms with Crippen molar-refractivity contribution in [1.82, 2.24) is 0 Å². The minimum absolute atomic E-state index is 0.257. The normalized spacial score (nSPS) is 15.2. The first-order chi connectivity index (χ1) is 15.3. The van der Waals surface area contributed by atoms with E-state index in [0.29, 0.717) is 16.3 Å². The Morgan fingerprint density at radius 1 is 0.969 bits per heavy atom. The standard InChI is InChI=1S/C24H16ClF3N2O2/c25-18-6-4-5-17(13-18)15-32-20-11-9-16(10-12-20)14-21-22(24(26,27)28)29-30(23(21)31)19-7-2-1-3-8-19/h1-14H,15H2/b21-14-. The van der Waals surface area contributed by atoms with Crippen LogP contribution in [0.1, 0.15) is 11.1 Å². The summed E-state index contributed by atoms with van der Waals surface area (Å²) in [6, 6.07) is 21.6. The number of hydrogen-bond acceptors (Lipinski definition) is 3. The molecule has 0 fully saturated rings. The number of anilines is 1. The summed E-state index contributed by atoms with van der Waals surface area (Å²) in [6.07, 6.45) is -3.59. The lowest BCUT2D eigenvalue weighted by atomic mass is 10.1. The highest BCUT2D eigenvalue weighted by molar-refractivity contribution is 6.34. The highest BCUT2D eigenvalue weighted by Gasteiger charge is 2.46. The van der Waals surface area contributed by atoms with Gasteiger partial charge in [-0.15, -0.1) is 0 Å². The van der Waals surface area contributed by atoms with Crippen LogP contribution in [0.15, 0.2) is 89.5 Å². The molecular formula is C24H16ClF3N2O2. The summed E-state index contributed by atoms with van der Waals surface area (Å²) in [4.78, 5) is 12.7. The molecule has 3 aromatic carbocycles. The van der Waals surface area contributed by atoms with Crippen LogP contribution in [0.25, 0.3) is 6.08 Å². The quantitative estimate of drug-likeness (QED) is 0.425. The average Bonchev–Trinajstić information content (AvgIpc) is 3.10. The van der Waals surface area contributed by atoms with Crippen LogP contribution in [0.2, 0.25) is 5.02 Å². The molecule has 4 nitrogen and oxygen atoms in total. The van der Waals surface area contributed by atoms with E-state index in [1.54, 1.807) is 54.6 Å². The maximum Gasteiger partial charge on any atom is 0.435 e. The lowest BCUT2D eigenvalue weighted by Crippen LogP contribution is -2.25. The molecule has 1 amide bonds. The van der Waals surface area contributed by atoms with Gasteiger partial charge in [-0.25, -0.2) is 0 Å². The minimum atomic E-state index is -4.77. The van der Waals surface area contributed by atoms with Gasteiger partial charge in [0, 0.05) is 5.02 Å². The predicted octanol–water partition coefficient (Wildman–Crippen LogP) is 6.27. The molecule has 0 spiro atoms. The molecule has 0 unspecified atom stereocenters. The van der Waals surface area contributed by atoms with E-state index < -0.39 is 23.4 Å². The van der Waals surface area contributed by atoms with Crippen LogP contribution < -0.4 is 9.75 Å². The maximum atomic E-state index is 13.6. The van der Waals surface area contributed by atoms with E-state index >= 15 is 0 Å². The molecule has 32 heavy (non-hydrogen) atoms. The number of ether oxygens (including phenoxy) is 1. The van der Waals surface area contributed by atoms with E-state index in [-0.39, 0.29) is 12.3 Å². The van der Waals surface area contributed by atoms with Gasteiger partial charge in [-0.2, -0.15) is 23.3 Å².